The summed E-state index contributed by atoms with van der Waals surface area (Å²) < 4.78 is 16.7. The lowest BCUT2D eigenvalue weighted by atomic mass is 10.1. The van der Waals surface area contributed by atoms with Crippen LogP contribution in [0.3, 0.4) is 0 Å². The Balaban J connectivity index is 1.45. The van der Waals surface area contributed by atoms with Crippen molar-refractivity contribution in [2.24, 2.45) is 0 Å². The number of ether oxygens (including phenoxy) is 3. The highest BCUT2D eigenvalue weighted by Gasteiger charge is 2.36. The number of nitriles is 1. The molecule has 204 valence electrons. The predicted octanol–water partition coefficient (Wildman–Crippen LogP) is 5.87. The van der Waals surface area contributed by atoms with Gasteiger partial charge in [-0.05, 0) is 72.8 Å². The van der Waals surface area contributed by atoms with Gasteiger partial charge in [0.2, 0.25) is 5.91 Å². The Morgan fingerprint density at radius 1 is 1.12 bits per heavy atom. The van der Waals surface area contributed by atoms with E-state index in [9.17, 15) is 19.6 Å². The van der Waals surface area contributed by atoms with Gasteiger partial charge in [0.15, 0.2) is 11.5 Å². The van der Waals surface area contributed by atoms with Gasteiger partial charge < -0.3 is 19.5 Å². The molecule has 1 fully saturated rings. The number of benzene rings is 3. The summed E-state index contributed by atoms with van der Waals surface area (Å²) in [6.45, 7) is 2.05. The molecule has 1 aliphatic heterocycles. The summed E-state index contributed by atoms with van der Waals surface area (Å²) >= 11 is 7.20. The zero-order chi connectivity index (χ0) is 28.6. The third-order valence-electron chi connectivity index (χ3n) is 5.68. The average molecular weight is 578 g/mol. The highest BCUT2D eigenvalue weighted by molar-refractivity contribution is 8.18. The van der Waals surface area contributed by atoms with E-state index in [1.807, 2.05) is 6.92 Å². The quantitative estimate of drug-likeness (QED) is 0.297. The predicted molar refractivity (Wildman–Crippen MR) is 152 cm³/mol. The number of imide groups is 1. The van der Waals surface area contributed by atoms with E-state index in [2.05, 4.69) is 11.4 Å². The first-order valence-corrected chi connectivity index (χ1v) is 13.3. The summed E-state index contributed by atoms with van der Waals surface area (Å²) in [6, 6.07) is 19.1. The molecule has 0 saturated carbocycles. The van der Waals surface area contributed by atoms with Gasteiger partial charge in [-0.15, -0.1) is 0 Å². The van der Waals surface area contributed by atoms with E-state index in [1.54, 1.807) is 60.7 Å². The number of halogens is 1. The number of hydrogen-bond acceptors (Lipinski definition) is 8. The van der Waals surface area contributed by atoms with E-state index in [1.165, 1.54) is 13.2 Å². The molecule has 0 unspecified atom stereocenters. The van der Waals surface area contributed by atoms with Crippen LogP contribution >= 0.6 is 23.4 Å². The van der Waals surface area contributed by atoms with E-state index in [0.717, 1.165) is 16.7 Å². The van der Waals surface area contributed by atoms with Crippen molar-refractivity contribution in [3.63, 3.8) is 0 Å². The van der Waals surface area contributed by atoms with Crippen LogP contribution < -0.4 is 19.5 Å². The van der Waals surface area contributed by atoms with E-state index in [0.29, 0.717) is 40.5 Å². The number of rotatable bonds is 10. The molecule has 1 aliphatic rings. The number of thioether (sulfide) groups is 1. The second-order valence-electron chi connectivity index (χ2n) is 8.37. The first-order chi connectivity index (χ1) is 19.3. The molecule has 0 spiro atoms. The molecule has 1 saturated heterocycles. The molecule has 3 aromatic rings. The number of carbonyl (C=O) groups is 3. The van der Waals surface area contributed by atoms with Gasteiger partial charge in [-0.3, -0.25) is 19.3 Å². The minimum absolute atomic E-state index is 0.0940. The van der Waals surface area contributed by atoms with Gasteiger partial charge in [0.25, 0.3) is 11.1 Å². The van der Waals surface area contributed by atoms with E-state index in [4.69, 9.17) is 25.8 Å². The maximum absolute atomic E-state index is 13.0. The van der Waals surface area contributed by atoms with Crippen LogP contribution in [-0.4, -0.2) is 42.2 Å². The van der Waals surface area contributed by atoms with Crippen LogP contribution in [0, 0.1) is 11.3 Å². The molecule has 0 bridgehead atoms. The first kappa shape index (κ1) is 28.5. The molecule has 3 amide bonds. The maximum atomic E-state index is 13.0. The third-order valence-corrected chi connectivity index (χ3v) is 6.87. The van der Waals surface area contributed by atoms with E-state index < -0.39 is 23.6 Å². The van der Waals surface area contributed by atoms with Gasteiger partial charge in [-0.2, -0.15) is 5.26 Å². The minimum Gasteiger partial charge on any atom is -0.494 e. The second kappa shape index (κ2) is 13.1. The van der Waals surface area contributed by atoms with Crippen LogP contribution in [0.25, 0.3) is 6.08 Å². The normalized spacial score (nSPS) is 13.8. The Morgan fingerprint density at radius 3 is 2.58 bits per heavy atom. The highest BCUT2D eigenvalue weighted by Crippen LogP contribution is 2.39. The number of nitrogens with one attached hydrogen (secondary N) is 1. The molecule has 0 aromatic heterocycles. The summed E-state index contributed by atoms with van der Waals surface area (Å²) in [5.74, 6) is 0.129. The lowest BCUT2D eigenvalue weighted by molar-refractivity contribution is -0.127. The number of methoxy groups -OCH3 is 1. The van der Waals surface area contributed by atoms with Crippen molar-refractivity contribution < 1.29 is 28.6 Å². The van der Waals surface area contributed by atoms with Crippen molar-refractivity contribution in [1.29, 1.82) is 5.26 Å². The Morgan fingerprint density at radius 2 is 1.88 bits per heavy atom. The molecule has 0 aliphatic carbocycles. The van der Waals surface area contributed by atoms with Gasteiger partial charge in [0.1, 0.15) is 18.9 Å². The smallest absolute Gasteiger partial charge is 0.294 e. The Kier molecular flexibility index (Phi) is 9.32. The molecule has 4 rings (SSSR count). The van der Waals surface area contributed by atoms with Gasteiger partial charge in [-0.1, -0.05) is 29.8 Å². The molecule has 11 heteroatoms. The Bertz CT molecular complexity index is 1520. The van der Waals surface area contributed by atoms with Crippen LogP contribution in [0.5, 0.6) is 17.2 Å². The Hall–Kier alpha value is -4.46. The third kappa shape index (κ3) is 6.75. The standard InChI is InChI=1S/C29H24ClN3O6S/c1-3-38-22-10-8-21(9-11-22)32-26(34)16-33-28(35)25(40-29(33)36)14-18-12-23(30)27(24(13-18)37-2)39-17-20-7-5-4-6-19(20)15-31/h4-14H,3,16-17H2,1-2H3,(H,32,34)/b25-14-. The topological polar surface area (TPSA) is 118 Å². The molecule has 9 nitrogen and oxygen atoms in total. The zero-order valence-electron chi connectivity index (χ0n) is 21.6. The van der Waals surface area contributed by atoms with Crippen LogP contribution in [0.2, 0.25) is 5.02 Å². The van der Waals surface area contributed by atoms with Crippen LogP contribution in [0.15, 0.2) is 65.6 Å². The monoisotopic (exact) mass is 577 g/mol. The average Bonchev–Trinajstić information content (AvgIpc) is 3.20. The molecule has 0 radical (unpaired) electrons. The van der Waals surface area contributed by atoms with Crippen molar-refractivity contribution in [2.75, 3.05) is 25.6 Å². The summed E-state index contributed by atoms with van der Waals surface area (Å²) in [5, 5.41) is 11.6. The Labute approximate surface area is 240 Å². The molecule has 1 N–H and O–H groups in total. The van der Waals surface area contributed by atoms with Crippen LogP contribution in [-0.2, 0) is 16.2 Å². The molecule has 3 aromatic carbocycles. The second-order valence-corrected chi connectivity index (χ2v) is 9.77. The molecular weight excluding hydrogens is 554 g/mol. The summed E-state index contributed by atoms with van der Waals surface area (Å²) in [6.07, 6.45) is 1.50. The summed E-state index contributed by atoms with van der Waals surface area (Å²) in [7, 11) is 1.45. The van der Waals surface area contributed by atoms with Gasteiger partial charge >= 0.3 is 0 Å². The molecular formula is C29H24ClN3O6S. The fourth-order valence-corrected chi connectivity index (χ4v) is 4.91. The first-order valence-electron chi connectivity index (χ1n) is 12.1. The molecule has 1 heterocycles. The van der Waals surface area contributed by atoms with Crippen LogP contribution in [0.4, 0.5) is 10.5 Å². The van der Waals surface area contributed by atoms with Gasteiger partial charge in [-0.25, -0.2) is 0 Å². The van der Waals surface area contributed by atoms with Crippen molar-refractivity contribution in [2.45, 2.75) is 13.5 Å². The minimum atomic E-state index is -0.597. The molecule has 40 heavy (non-hydrogen) atoms. The summed E-state index contributed by atoms with van der Waals surface area (Å²) in [4.78, 5) is 39.0. The number of amides is 3. The zero-order valence-corrected chi connectivity index (χ0v) is 23.2. The molecule has 0 atom stereocenters. The maximum Gasteiger partial charge on any atom is 0.294 e. The fourth-order valence-electron chi connectivity index (χ4n) is 3.80. The largest absolute Gasteiger partial charge is 0.494 e. The summed E-state index contributed by atoms with van der Waals surface area (Å²) in [5.41, 5.74) is 2.18. The number of anilines is 1. The van der Waals surface area contributed by atoms with Crippen molar-refractivity contribution in [3.05, 3.63) is 87.3 Å². The van der Waals surface area contributed by atoms with Crippen molar-refractivity contribution >= 4 is 52.2 Å². The number of carbonyl (C=O) groups excluding carboxylic acids is 3. The van der Waals surface area contributed by atoms with Crippen LogP contribution in [0.1, 0.15) is 23.6 Å². The van der Waals surface area contributed by atoms with Gasteiger partial charge in [0.05, 0.1) is 35.3 Å². The number of nitrogens with zero attached hydrogens (tertiary/aromatic N) is 2. The van der Waals surface area contributed by atoms with Crippen molar-refractivity contribution in [3.8, 4) is 23.3 Å². The fraction of sp³-hybridized carbons (Fsp3) is 0.172. The SMILES string of the molecule is CCOc1ccc(NC(=O)CN2C(=O)S/C(=C\c3cc(Cl)c(OCc4ccccc4C#N)c(OC)c3)C2=O)cc1. The van der Waals surface area contributed by atoms with Gasteiger partial charge in [0, 0.05) is 11.3 Å². The van der Waals surface area contributed by atoms with E-state index in [-0.39, 0.29) is 22.3 Å². The van der Waals surface area contributed by atoms with E-state index >= 15 is 0 Å². The lowest BCUT2D eigenvalue weighted by Gasteiger charge is -2.14. The lowest BCUT2D eigenvalue weighted by Crippen LogP contribution is -2.36. The van der Waals surface area contributed by atoms with Crippen molar-refractivity contribution in [1.82, 2.24) is 4.90 Å². The number of hydrogen-bond donors (Lipinski definition) is 1. The highest BCUT2D eigenvalue weighted by atomic mass is 35.5.